The van der Waals surface area contributed by atoms with Gasteiger partial charge in [-0.2, -0.15) is 0 Å². The zero-order chi connectivity index (χ0) is 10.9. The van der Waals surface area contributed by atoms with Crippen LogP contribution in [0.15, 0.2) is 6.20 Å². The highest BCUT2D eigenvalue weighted by Crippen LogP contribution is 2.43. The number of hydrogen-bond acceptors (Lipinski definition) is 4. The maximum Gasteiger partial charge on any atom is 0.125 e. The molecule has 0 aromatic carbocycles. The zero-order valence-electron chi connectivity index (χ0n) is 9.19. The largest absolute Gasteiger partial charge is 0.388 e. The van der Waals surface area contributed by atoms with Crippen molar-refractivity contribution in [3.63, 3.8) is 0 Å². The summed E-state index contributed by atoms with van der Waals surface area (Å²) in [5.74, 6) is 0. The second kappa shape index (κ2) is 4.20. The van der Waals surface area contributed by atoms with Crippen LogP contribution in [0, 0.1) is 0 Å². The number of hydrogen-bond donors (Lipinski definition) is 1. The van der Waals surface area contributed by atoms with Crippen molar-refractivity contribution >= 4 is 11.3 Å². The molecule has 1 fully saturated rings. The lowest BCUT2D eigenvalue weighted by molar-refractivity contribution is -0.00885. The third-order valence-corrected chi connectivity index (χ3v) is 4.48. The summed E-state index contributed by atoms with van der Waals surface area (Å²) in [6.45, 7) is 1.77. The molecule has 0 aliphatic heterocycles. The van der Waals surface area contributed by atoms with Crippen LogP contribution in [0.3, 0.4) is 0 Å². The fourth-order valence-electron chi connectivity index (χ4n) is 2.14. The van der Waals surface area contributed by atoms with Crippen LogP contribution in [0.4, 0.5) is 0 Å². The smallest absolute Gasteiger partial charge is 0.125 e. The first kappa shape index (κ1) is 11.0. The molecule has 1 saturated carbocycles. The highest BCUT2D eigenvalue weighted by Gasteiger charge is 2.38. The summed E-state index contributed by atoms with van der Waals surface area (Å²) in [6.07, 6.45) is 5.86. The minimum Gasteiger partial charge on any atom is -0.388 e. The molecule has 1 N–H and O–H groups in total. The third kappa shape index (κ3) is 1.94. The van der Waals surface area contributed by atoms with Gasteiger partial charge >= 0.3 is 0 Å². The number of aliphatic hydroxyl groups excluding tert-OH is 1. The Labute approximate surface area is 94.1 Å². The standard InChI is InChI=1S/C11H17NO2S/c1-8(13)9-7-12-10(15-9)11(14-2)5-3-4-6-11/h7-8,13H,3-6H2,1-2H3. The van der Waals surface area contributed by atoms with Crippen LogP contribution in [0.2, 0.25) is 0 Å². The molecule has 1 aromatic rings. The van der Waals surface area contributed by atoms with E-state index in [1.165, 1.54) is 12.8 Å². The van der Waals surface area contributed by atoms with Gasteiger partial charge in [-0.05, 0) is 19.8 Å². The average molecular weight is 227 g/mol. The minimum atomic E-state index is -0.424. The topological polar surface area (TPSA) is 42.4 Å². The summed E-state index contributed by atoms with van der Waals surface area (Å²) in [5.41, 5.74) is -0.169. The second-order valence-corrected chi connectivity index (χ2v) is 5.21. The Bertz CT molecular complexity index is 329. The summed E-state index contributed by atoms with van der Waals surface area (Å²) in [5, 5.41) is 10.5. The molecule has 1 heterocycles. The predicted molar refractivity (Wildman–Crippen MR) is 59.9 cm³/mol. The summed E-state index contributed by atoms with van der Waals surface area (Å²) < 4.78 is 5.64. The fraction of sp³-hybridized carbons (Fsp3) is 0.727. The first-order valence-electron chi connectivity index (χ1n) is 5.37. The van der Waals surface area contributed by atoms with E-state index in [1.54, 1.807) is 31.6 Å². The Hall–Kier alpha value is -0.450. The zero-order valence-corrected chi connectivity index (χ0v) is 10.0. The average Bonchev–Trinajstić information content (AvgIpc) is 2.87. The molecule has 0 saturated heterocycles. The maximum atomic E-state index is 9.47. The molecule has 1 atom stereocenters. The van der Waals surface area contributed by atoms with Gasteiger partial charge in [-0.25, -0.2) is 4.98 Å². The van der Waals surface area contributed by atoms with Gasteiger partial charge in [0.15, 0.2) is 0 Å². The van der Waals surface area contributed by atoms with Crippen LogP contribution in [0.5, 0.6) is 0 Å². The molecule has 4 heteroatoms. The van der Waals surface area contributed by atoms with Crippen molar-refractivity contribution in [1.82, 2.24) is 4.98 Å². The van der Waals surface area contributed by atoms with Crippen molar-refractivity contribution in [2.24, 2.45) is 0 Å². The molecule has 0 bridgehead atoms. The fourth-order valence-corrected chi connectivity index (χ4v) is 3.22. The highest BCUT2D eigenvalue weighted by atomic mass is 32.1. The molecule has 84 valence electrons. The van der Waals surface area contributed by atoms with Crippen molar-refractivity contribution in [1.29, 1.82) is 0 Å². The van der Waals surface area contributed by atoms with E-state index < -0.39 is 6.10 Å². The van der Waals surface area contributed by atoms with E-state index in [4.69, 9.17) is 4.74 Å². The van der Waals surface area contributed by atoms with Gasteiger partial charge in [0.1, 0.15) is 10.6 Å². The van der Waals surface area contributed by atoms with E-state index >= 15 is 0 Å². The number of thiazole rings is 1. The maximum absolute atomic E-state index is 9.47. The lowest BCUT2D eigenvalue weighted by atomic mass is 10.0. The van der Waals surface area contributed by atoms with E-state index in [9.17, 15) is 5.11 Å². The quantitative estimate of drug-likeness (QED) is 0.863. The van der Waals surface area contributed by atoms with Gasteiger partial charge in [-0.3, -0.25) is 0 Å². The minimum absolute atomic E-state index is 0.169. The van der Waals surface area contributed by atoms with Crippen LogP contribution in [0.1, 0.15) is 48.6 Å². The van der Waals surface area contributed by atoms with Gasteiger partial charge in [0, 0.05) is 13.3 Å². The highest BCUT2D eigenvalue weighted by molar-refractivity contribution is 7.11. The van der Waals surface area contributed by atoms with Gasteiger partial charge < -0.3 is 9.84 Å². The summed E-state index contributed by atoms with van der Waals surface area (Å²) in [6, 6.07) is 0. The monoisotopic (exact) mass is 227 g/mol. The summed E-state index contributed by atoms with van der Waals surface area (Å²) in [4.78, 5) is 5.32. The van der Waals surface area contributed by atoms with Crippen LogP contribution in [0.25, 0.3) is 0 Å². The van der Waals surface area contributed by atoms with Gasteiger partial charge in [0.2, 0.25) is 0 Å². The van der Waals surface area contributed by atoms with Crippen LogP contribution in [-0.2, 0) is 10.3 Å². The van der Waals surface area contributed by atoms with Crippen molar-refractivity contribution < 1.29 is 9.84 Å². The molecule has 15 heavy (non-hydrogen) atoms. The Morgan fingerprint density at radius 3 is 2.67 bits per heavy atom. The van der Waals surface area contributed by atoms with E-state index in [-0.39, 0.29) is 5.60 Å². The second-order valence-electron chi connectivity index (χ2n) is 4.15. The molecule has 1 unspecified atom stereocenters. The molecule has 1 aliphatic carbocycles. The molecule has 3 nitrogen and oxygen atoms in total. The van der Waals surface area contributed by atoms with Gasteiger partial charge in [-0.1, -0.05) is 12.8 Å². The Morgan fingerprint density at radius 1 is 1.53 bits per heavy atom. The van der Waals surface area contributed by atoms with Crippen molar-refractivity contribution in [2.45, 2.75) is 44.3 Å². The Kier molecular flexibility index (Phi) is 3.09. The van der Waals surface area contributed by atoms with Crippen LogP contribution >= 0.6 is 11.3 Å². The van der Waals surface area contributed by atoms with Gasteiger partial charge in [-0.15, -0.1) is 11.3 Å². The van der Waals surface area contributed by atoms with E-state index in [0.717, 1.165) is 22.7 Å². The number of methoxy groups -OCH3 is 1. The van der Waals surface area contributed by atoms with Crippen molar-refractivity contribution in [2.75, 3.05) is 7.11 Å². The van der Waals surface area contributed by atoms with Crippen molar-refractivity contribution in [3.8, 4) is 0 Å². The summed E-state index contributed by atoms with van der Waals surface area (Å²) in [7, 11) is 1.76. The van der Waals surface area contributed by atoms with Crippen LogP contribution < -0.4 is 0 Å². The number of nitrogens with zero attached hydrogens (tertiary/aromatic N) is 1. The van der Waals surface area contributed by atoms with Crippen molar-refractivity contribution in [3.05, 3.63) is 16.1 Å². The molecule has 0 radical (unpaired) electrons. The molecular weight excluding hydrogens is 210 g/mol. The normalized spacial score (nSPS) is 21.8. The van der Waals surface area contributed by atoms with E-state index in [1.807, 2.05) is 0 Å². The molecule has 0 spiro atoms. The predicted octanol–water partition coefficient (Wildman–Crippen LogP) is 2.61. The Morgan fingerprint density at radius 2 is 2.20 bits per heavy atom. The molecule has 1 aliphatic rings. The van der Waals surface area contributed by atoms with E-state index in [0.29, 0.717) is 0 Å². The van der Waals surface area contributed by atoms with Gasteiger partial charge in [0.25, 0.3) is 0 Å². The SMILES string of the molecule is COC1(c2ncc(C(C)O)s2)CCCC1. The van der Waals surface area contributed by atoms with E-state index in [2.05, 4.69) is 4.98 Å². The first-order valence-corrected chi connectivity index (χ1v) is 6.19. The number of ether oxygens (including phenoxy) is 1. The molecular formula is C11H17NO2S. The number of rotatable bonds is 3. The number of aliphatic hydroxyl groups is 1. The van der Waals surface area contributed by atoms with Gasteiger partial charge in [0.05, 0.1) is 11.0 Å². The lowest BCUT2D eigenvalue weighted by Gasteiger charge is -2.24. The molecule has 1 aromatic heterocycles. The Balaban J connectivity index is 2.27. The third-order valence-electron chi connectivity index (χ3n) is 3.13. The molecule has 2 rings (SSSR count). The van der Waals surface area contributed by atoms with Crippen LogP contribution in [-0.4, -0.2) is 17.2 Å². The molecule has 0 amide bonds. The first-order chi connectivity index (χ1) is 7.18. The lowest BCUT2D eigenvalue weighted by Crippen LogP contribution is -2.23. The summed E-state index contributed by atoms with van der Waals surface area (Å²) >= 11 is 1.58. The number of aromatic nitrogens is 1.